The molecular weight excluding hydrogens is 434 g/mol. The molecule has 1 N–H and O–H groups in total. The molecule has 0 aliphatic carbocycles. The maximum absolute atomic E-state index is 5.81. The van der Waals surface area contributed by atoms with Gasteiger partial charge in [0.25, 0.3) is 0 Å². The maximum Gasteiger partial charge on any atom is 0.174 e. The number of thiocarbonyl (C=S) groups is 1. The van der Waals surface area contributed by atoms with Gasteiger partial charge in [-0.3, -0.25) is 0 Å². The third kappa shape index (κ3) is 3.93. The van der Waals surface area contributed by atoms with E-state index in [0.717, 1.165) is 34.1 Å². The fraction of sp³-hybridized carbons (Fsp3) is 0.227. The Morgan fingerprint density at radius 3 is 2.71 bits per heavy atom. The highest BCUT2D eigenvalue weighted by molar-refractivity contribution is 9.10. The lowest BCUT2D eigenvalue weighted by Gasteiger charge is -2.39. The number of nitrogens with one attached hydrogen (secondary N) is 1. The minimum absolute atomic E-state index is 0.0616. The Balaban J connectivity index is 1.64. The zero-order chi connectivity index (χ0) is 19.5. The monoisotopic (exact) mass is 455 g/mol. The number of fused-ring (bicyclic) bond motifs is 1. The van der Waals surface area contributed by atoms with Crippen molar-refractivity contribution in [3.05, 3.63) is 82.6 Å². The highest BCUT2D eigenvalue weighted by Crippen LogP contribution is 2.34. The second-order valence-corrected chi connectivity index (χ2v) is 7.97. The third-order valence-corrected chi connectivity index (χ3v) is 5.71. The van der Waals surface area contributed by atoms with Crippen LogP contribution in [0, 0.1) is 0 Å². The average molecular weight is 456 g/mol. The van der Waals surface area contributed by atoms with Gasteiger partial charge in [0.1, 0.15) is 5.75 Å². The summed E-state index contributed by atoms with van der Waals surface area (Å²) in [5.74, 6) is 0.888. The van der Waals surface area contributed by atoms with Crippen molar-refractivity contribution in [1.29, 1.82) is 0 Å². The number of aromatic nitrogens is 1. The van der Waals surface area contributed by atoms with Gasteiger partial charge in [-0.25, -0.2) is 0 Å². The van der Waals surface area contributed by atoms with Gasteiger partial charge in [0.2, 0.25) is 0 Å². The van der Waals surface area contributed by atoms with E-state index in [4.69, 9.17) is 17.0 Å². The van der Waals surface area contributed by atoms with Crippen LogP contribution in [-0.2, 0) is 6.54 Å². The lowest BCUT2D eigenvalue weighted by Crippen LogP contribution is -2.44. The summed E-state index contributed by atoms with van der Waals surface area (Å²) in [7, 11) is 0. The van der Waals surface area contributed by atoms with Gasteiger partial charge >= 0.3 is 0 Å². The summed E-state index contributed by atoms with van der Waals surface area (Å²) in [5, 5.41) is 4.13. The van der Waals surface area contributed by atoms with Crippen LogP contribution in [-0.4, -0.2) is 27.7 Å². The average Bonchev–Trinajstić information content (AvgIpc) is 3.17. The molecule has 0 spiro atoms. The molecule has 1 atom stereocenters. The minimum Gasteiger partial charge on any atom is -0.494 e. The number of rotatable bonds is 4. The van der Waals surface area contributed by atoms with Crippen LogP contribution in [0.2, 0.25) is 0 Å². The summed E-state index contributed by atoms with van der Waals surface area (Å²) in [6.45, 7) is 4.42. The second-order valence-electron chi connectivity index (χ2n) is 6.66. The first-order valence-electron chi connectivity index (χ1n) is 9.36. The topological polar surface area (TPSA) is 29.4 Å². The highest BCUT2D eigenvalue weighted by Gasteiger charge is 2.30. The van der Waals surface area contributed by atoms with Gasteiger partial charge in [0.15, 0.2) is 5.11 Å². The lowest BCUT2D eigenvalue weighted by molar-refractivity contribution is 0.293. The molecule has 0 fully saturated rings. The van der Waals surface area contributed by atoms with Crippen molar-refractivity contribution in [1.82, 2.24) is 9.47 Å². The van der Waals surface area contributed by atoms with Crippen molar-refractivity contribution in [2.45, 2.75) is 19.5 Å². The van der Waals surface area contributed by atoms with Crippen LogP contribution in [0.25, 0.3) is 0 Å². The van der Waals surface area contributed by atoms with E-state index in [9.17, 15) is 0 Å². The molecule has 3 aromatic rings. The van der Waals surface area contributed by atoms with E-state index in [2.05, 4.69) is 61.2 Å². The largest absolute Gasteiger partial charge is 0.494 e. The molecule has 0 radical (unpaired) electrons. The molecule has 2 aromatic carbocycles. The summed E-state index contributed by atoms with van der Waals surface area (Å²) >= 11 is 9.33. The van der Waals surface area contributed by atoms with Gasteiger partial charge < -0.3 is 19.5 Å². The van der Waals surface area contributed by atoms with E-state index in [1.54, 1.807) is 0 Å². The molecule has 0 amide bonds. The summed E-state index contributed by atoms with van der Waals surface area (Å²) in [5.41, 5.74) is 3.42. The number of anilines is 1. The fourth-order valence-electron chi connectivity index (χ4n) is 3.63. The van der Waals surface area contributed by atoms with Gasteiger partial charge in [-0.2, -0.15) is 0 Å². The Kier molecular flexibility index (Phi) is 5.69. The first kappa shape index (κ1) is 19.0. The van der Waals surface area contributed by atoms with Gasteiger partial charge in [-0.05, 0) is 67.2 Å². The van der Waals surface area contributed by atoms with Crippen LogP contribution < -0.4 is 10.1 Å². The summed E-state index contributed by atoms with van der Waals surface area (Å²) in [6.07, 6.45) is 2.14. The normalized spacial score (nSPS) is 15.8. The Hall–Kier alpha value is -2.31. The Morgan fingerprint density at radius 2 is 1.96 bits per heavy atom. The van der Waals surface area contributed by atoms with Crippen LogP contribution in [0.4, 0.5) is 5.69 Å². The number of ether oxygens (including phenoxy) is 1. The van der Waals surface area contributed by atoms with Crippen LogP contribution in [0.3, 0.4) is 0 Å². The Morgan fingerprint density at radius 1 is 1.14 bits per heavy atom. The standard InChI is InChI=1S/C22H22BrN3OS/c1-2-27-19-10-8-16(9-11-19)21-20-7-4-12-25(20)13-14-26(21)22(28)24-18-6-3-5-17(23)15-18/h3-12,15,21H,2,13-14H2,1H3,(H,24,28). The molecule has 0 saturated carbocycles. The van der Waals surface area contributed by atoms with Gasteiger partial charge in [-0.1, -0.05) is 34.1 Å². The molecule has 4 rings (SSSR count). The minimum atomic E-state index is 0.0616. The quantitative estimate of drug-likeness (QED) is 0.529. The van der Waals surface area contributed by atoms with E-state index in [1.165, 1.54) is 11.3 Å². The van der Waals surface area contributed by atoms with Crippen molar-refractivity contribution in [3.63, 3.8) is 0 Å². The molecule has 1 aliphatic rings. The van der Waals surface area contributed by atoms with Crippen molar-refractivity contribution >= 4 is 38.9 Å². The van der Waals surface area contributed by atoms with Gasteiger partial charge in [0.05, 0.1) is 12.6 Å². The number of nitrogens with zero attached hydrogens (tertiary/aromatic N) is 2. The highest BCUT2D eigenvalue weighted by atomic mass is 79.9. The fourth-order valence-corrected chi connectivity index (χ4v) is 4.34. The van der Waals surface area contributed by atoms with Gasteiger partial charge in [0, 0.05) is 35.1 Å². The molecule has 2 heterocycles. The predicted octanol–water partition coefficient (Wildman–Crippen LogP) is 5.45. The number of halogens is 1. The molecule has 4 nitrogen and oxygen atoms in total. The van der Waals surface area contributed by atoms with Crippen LogP contribution in [0.1, 0.15) is 24.2 Å². The molecule has 6 heteroatoms. The van der Waals surface area contributed by atoms with E-state index in [1.807, 2.05) is 43.3 Å². The lowest BCUT2D eigenvalue weighted by atomic mass is 10.00. The Bertz CT molecular complexity index is 970. The number of benzene rings is 2. The van der Waals surface area contributed by atoms with E-state index < -0.39 is 0 Å². The molecule has 1 aromatic heterocycles. The number of hydrogen-bond acceptors (Lipinski definition) is 2. The molecular formula is C22H22BrN3OS. The molecule has 28 heavy (non-hydrogen) atoms. The molecule has 1 unspecified atom stereocenters. The SMILES string of the molecule is CCOc1ccc(C2c3cccn3CCN2C(=S)Nc2cccc(Br)c2)cc1. The molecule has 1 aliphatic heterocycles. The van der Waals surface area contributed by atoms with Crippen molar-refractivity contribution in [3.8, 4) is 5.75 Å². The maximum atomic E-state index is 5.81. The van der Waals surface area contributed by atoms with Crippen molar-refractivity contribution in [2.24, 2.45) is 0 Å². The molecule has 0 saturated heterocycles. The Labute approximate surface area is 179 Å². The number of hydrogen-bond donors (Lipinski definition) is 1. The van der Waals surface area contributed by atoms with Gasteiger partial charge in [-0.15, -0.1) is 0 Å². The van der Waals surface area contributed by atoms with Crippen LogP contribution in [0.5, 0.6) is 5.75 Å². The van der Waals surface area contributed by atoms with Crippen molar-refractivity contribution < 1.29 is 4.74 Å². The summed E-state index contributed by atoms with van der Waals surface area (Å²) in [4.78, 5) is 2.27. The van der Waals surface area contributed by atoms with Crippen LogP contribution >= 0.6 is 28.1 Å². The van der Waals surface area contributed by atoms with E-state index in [-0.39, 0.29) is 6.04 Å². The molecule has 144 valence electrons. The molecule has 0 bridgehead atoms. The first-order valence-corrected chi connectivity index (χ1v) is 10.6. The van der Waals surface area contributed by atoms with Crippen LogP contribution in [0.15, 0.2) is 71.3 Å². The first-order chi connectivity index (χ1) is 13.7. The smallest absolute Gasteiger partial charge is 0.174 e. The zero-order valence-corrected chi connectivity index (χ0v) is 18.0. The second kappa shape index (κ2) is 8.37. The zero-order valence-electron chi connectivity index (χ0n) is 15.6. The summed E-state index contributed by atoms with van der Waals surface area (Å²) < 4.78 is 8.93. The third-order valence-electron chi connectivity index (χ3n) is 4.88. The summed E-state index contributed by atoms with van der Waals surface area (Å²) in [6, 6.07) is 20.7. The predicted molar refractivity (Wildman–Crippen MR) is 121 cm³/mol. The van der Waals surface area contributed by atoms with Crippen molar-refractivity contribution in [2.75, 3.05) is 18.5 Å². The van der Waals surface area contributed by atoms with E-state index in [0.29, 0.717) is 6.61 Å². The van der Waals surface area contributed by atoms with E-state index >= 15 is 0 Å².